The average molecular weight is 285 g/mol. The number of carbonyl (C=O) groups excluding carboxylic acids is 1. The van der Waals surface area contributed by atoms with Crippen molar-refractivity contribution in [2.75, 3.05) is 12.1 Å². The maximum Gasteiger partial charge on any atom is 0.269 e. The monoisotopic (exact) mass is 285 g/mol. The van der Waals surface area contributed by atoms with Crippen LogP contribution < -0.4 is 10.4 Å². The van der Waals surface area contributed by atoms with Crippen LogP contribution in [0.5, 0.6) is 0 Å². The van der Waals surface area contributed by atoms with Crippen LogP contribution in [0.25, 0.3) is 0 Å². The number of nitrogens with one attached hydrogen (secondary N) is 1. The van der Waals surface area contributed by atoms with Gasteiger partial charge in [0.15, 0.2) is 0 Å². The van der Waals surface area contributed by atoms with Crippen molar-refractivity contribution in [3.05, 3.63) is 70.3 Å². The summed E-state index contributed by atoms with van der Waals surface area (Å²) in [7, 11) is 1.75. The van der Waals surface area contributed by atoms with E-state index in [1.54, 1.807) is 24.2 Å². The largest absolute Gasteiger partial charge is 0.289 e. The zero-order valence-corrected chi connectivity index (χ0v) is 11.5. The molecule has 0 aromatic heterocycles. The predicted molar refractivity (Wildman–Crippen MR) is 79.8 cm³/mol. The van der Waals surface area contributed by atoms with Crippen molar-refractivity contribution in [2.45, 2.75) is 6.42 Å². The standard InChI is InChI=1S/C15H15N3O3/c1-17(13-5-3-2-4-6-13)16-15(19)11-12-7-9-14(10-8-12)18(20)21/h2-10H,11H2,1H3,(H,16,19). The summed E-state index contributed by atoms with van der Waals surface area (Å²) in [5, 5.41) is 12.2. The number of anilines is 1. The van der Waals surface area contributed by atoms with Crippen molar-refractivity contribution in [3.8, 4) is 0 Å². The Hall–Kier alpha value is -2.89. The lowest BCUT2D eigenvalue weighted by molar-refractivity contribution is -0.384. The van der Waals surface area contributed by atoms with Crippen molar-refractivity contribution in [2.24, 2.45) is 0 Å². The first kappa shape index (κ1) is 14.5. The van der Waals surface area contributed by atoms with Crippen LogP contribution in [0.3, 0.4) is 0 Å². The van der Waals surface area contributed by atoms with Crippen molar-refractivity contribution >= 4 is 17.3 Å². The molecule has 6 heteroatoms. The summed E-state index contributed by atoms with van der Waals surface area (Å²) < 4.78 is 0. The van der Waals surface area contributed by atoms with Gasteiger partial charge in [-0.1, -0.05) is 30.3 Å². The third-order valence-corrected chi connectivity index (χ3v) is 2.95. The molecule has 6 nitrogen and oxygen atoms in total. The molecular formula is C15H15N3O3. The number of nitrogens with zero attached hydrogens (tertiary/aromatic N) is 2. The lowest BCUT2D eigenvalue weighted by Crippen LogP contribution is -2.40. The van der Waals surface area contributed by atoms with Crippen LogP contribution in [0.1, 0.15) is 5.56 Å². The van der Waals surface area contributed by atoms with E-state index in [1.165, 1.54) is 12.1 Å². The first-order chi connectivity index (χ1) is 10.1. The lowest BCUT2D eigenvalue weighted by Gasteiger charge is -2.20. The summed E-state index contributed by atoms with van der Waals surface area (Å²) in [6.45, 7) is 0. The molecule has 1 amide bonds. The number of para-hydroxylation sites is 1. The Labute approximate surface area is 122 Å². The van der Waals surface area contributed by atoms with E-state index in [1.807, 2.05) is 30.3 Å². The maximum atomic E-state index is 11.9. The van der Waals surface area contributed by atoms with Gasteiger partial charge < -0.3 is 0 Å². The van der Waals surface area contributed by atoms with Gasteiger partial charge >= 0.3 is 0 Å². The Bertz CT molecular complexity index is 626. The Morgan fingerprint density at radius 2 is 1.76 bits per heavy atom. The minimum atomic E-state index is -0.465. The molecule has 21 heavy (non-hydrogen) atoms. The molecule has 2 rings (SSSR count). The Balaban J connectivity index is 1.94. The molecule has 2 aromatic rings. The summed E-state index contributed by atoms with van der Waals surface area (Å²) in [6.07, 6.45) is 0.162. The number of benzene rings is 2. The minimum Gasteiger partial charge on any atom is -0.289 e. The second-order valence-electron chi connectivity index (χ2n) is 4.53. The van der Waals surface area contributed by atoms with Crippen LogP contribution in [-0.4, -0.2) is 17.9 Å². The zero-order valence-electron chi connectivity index (χ0n) is 11.5. The van der Waals surface area contributed by atoms with Crippen LogP contribution in [0.4, 0.5) is 11.4 Å². The van der Waals surface area contributed by atoms with Crippen LogP contribution in [0.2, 0.25) is 0 Å². The fourth-order valence-electron chi connectivity index (χ4n) is 1.86. The summed E-state index contributed by atoms with van der Waals surface area (Å²) in [4.78, 5) is 22.0. The molecule has 1 N–H and O–H groups in total. The Kier molecular flexibility index (Phi) is 4.50. The number of rotatable bonds is 5. The van der Waals surface area contributed by atoms with Gasteiger partial charge in [0.05, 0.1) is 17.0 Å². The van der Waals surface area contributed by atoms with Gasteiger partial charge in [-0.25, -0.2) is 0 Å². The maximum absolute atomic E-state index is 11.9. The van der Waals surface area contributed by atoms with Crippen LogP contribution in [0, 0.1) is 10.1 Å². The number of nitro benzene ring substituents is 1. The highest BCUT2D eigenvalue weighted by atomic mass is 16.6. The van der Waals surface area contributed by atoms with Crippen LogP contribution in [-0.2, 0) is 11.2 Å². The second-order valence-corrected chi connectivity index (χ2v) is 4.53. The van der Waals surface area contributed by atoms with E-state index in [2.05, 4.69) is 5.43 Å². The van der Waals surface area contributed by atoms with Gasteiger partial charge in [0.25, 0.3) is 5.69 Å². The van der Waals surface area contributed by atoms with E-state index in [4.69, 9.17) is 0 Å². The second kappa shape index (κ2) is 6.51. The SMILES string of the molecule is CN(NC(=O)Cc1ccc([N+](=O)[O-])cc1)c1ccccc1. The number of carbonyl (C=O) groups is 1. The fraction of sp³-hybridized carbons (Fsp3) is 0.133. The molecule has 2 aromatic carbocycles. The number of hydrazine groups is 1. The first-order valence-electron chi connectivity index (χ1n) is 6.38. The molecule has 0 aliphatic carbocycles. The highest BCUT2D eigenvalue weighted by Crippen LogP contribution is 2.13. The topological polar surface area (TPSA) is 75.5 Å². The van der Waals surface area contributed by atoms with Gasteiger partial charge in [0.2, 0.25) is 5.91 Å². The molecule has 0 saturated carbocycles. The highest BCUT2D eigenvalue weighted by molar-refractivity contribution is 5.80. The van der Waals surface area contributed by atoms with E-state index >= 15 is 0 Å². The zero-order chi connectivity index (χ0) is 15.2. The van der Waals surface area contributed by atoms with Crippen LogP contribution in [0.15, 0.2) is 54.6 Å². The van der Waals surface area contributed by atoms with E-state index in [-0.39, 0.29) is 18.0 Å². The molecule has 108 valence electrons. The average Bonchev–Trinajstić information content (AvgIpc) is 2.48. The molecular weight excluding hydrogens is 270 g/mol. The van der Waals surface area contributed by atoms with Crippen molar-refractivity contribution < 1.29 is 9.72 Å². The number of non-ortho nitro benzene ring substituents is 1. The van der Waals surface area contributed by atoms with Gasteiger partial charge in [-0.2, -0.15) is 0 Å². The van der Waals surface area contributed by atoms with Gasteiger partial charge in [-0.15, -0.1) is 0 Å². The molecule has 0 unspecified atom stereocenters. The smallest absolute Gasteiger partial charge is 0.269 e. The molecule has 0 spiro atoms. The third kappa shape index (κ3) is 4.04. The molecule has 0 radical (unpaired) electrons. The summed E-state index contributed by atoms with van der Waals surface area (Å²) in [5.74, 6) is -0.185. The quantitative estimate of drug-likeness (QED) is 0.675. The Morgan fingerprint density at radius 1 is 1.14 bits per heavy atom. The molecule has 0 aliphatic heterocycles. The highest BCUT2D eigenvalue weighted by Gasteiger charge is 2.09. The van der Waals surface area contributed by atoms with E-state index in [9.17, 15) is 14.9 Å². The number of hydrogen-bond donors (Lipinski definition) is 1. The van der Waals surface area contributed by atoms with E-state index in [0.717, 1.165) is 11.3 Å². The van der Waals surface area contributed by atoms with Crippen molar-refractivity contribution in [1.82, 2.24) is 5.43 Å². The first-order valence-corrected chi connectivity index (χ1v) is 6.38. The van der Waals surface area contributed by atoms with Crippen LogP contribution >= 0.6 is 0 Å². The van der Waals surface area contributed by atoms with Gasteiger partial charge in [-0.05, 0) is 17.7 Å². The van der Waals surface area contributed by atoms with Gasteiger partial charge in [-0.3, -0.25) is 25.3 Å². The molecule has 0 aliphatic rings. The molecule has 0 bridgehead atoms. The third-order valence-electron chi connectivity index (χ3n) is 2.95. The fourth-order valence-corrected chi connectivity index (χ4v) is 1.86. The van der Waals surface area contributed by atoms with Crippen molar-refractivity contribution in [1.29, 1.82) is 0 Å². The van der Waals surface area contributed by atoms with Gasteiger partial charge in [0.1, 0.15) is 0 Å². The van der Waals surface area contributed by atoms with E-state index < -0.39 is 4.92 Å². The number of hydrogen-bond acceptors (Lipinski definition) is 4. The summed E-state index contributed by atoms with van der Waals surface area (Å²) >= 11 is 0. The molecule has 0 heterocycles. The Morgan fingerprint density at radius 3 is 2.33 bits per heavy atom. The molecule has 0 saturated heterocycles. The predicted octanol–water partition coefficient (Wildman–Crippen LogP) is 2.30. The van der Waals surface area contributed by atoms with Crippen molar-refractivity contribution in [3.63, 3.8) is 0 Å². The number of amides is 1. The lowest BCUT2D eigenvalue weighted by atomic mass is 10.1. The van der Waals surface area contributed by atoms with E-state index in [0.29, 0.717) is 0 Å². The minimum absolute atomic E-state index is 0.0144. The summed E-state index contributed by atoms with van der Waals surface area (Å²) in [6, 6.07) is 15.4. The molecule has 0 atom stereocenters. The normalized spacial score (nSPS) is 9.95. The molecule has 0 fully saturated rings. The van der Waals surface area contributed by atoms with Gasteiger partial charge in [0, 0.05) is 19.2 Å². The summed E-state index contributed by atoms with van der Waals surface area (Å²) in [5.41, 5.74) is 4.35. The number of nitro groups is 1.